The van der Waals surface area contributed by atoms with Crippen LogP contribution in [-0.4, -0.2) is 34.9 Å². The van der Waals surface area contributed by atoms with Crippen LogP contribution >= 0.6 is 22.7 Å². The molecule has 4 heterocycles. The Kier molecular flexibility index (Phi) is 6.16. The molecule has 0 spiro atoms. The maximum atomic E-state index is 12.7. The van der Waals surface area contributed by atoms with Crippen LogP contribution in [0.3, 0.4) is 0 Å². The molecule has 7 heteroatoms. The zero-order chi connectivity index (χ0) is 19.5. The number of nitrogens with one attached hydrogen (secondary N) is 2. The van der Waals surface area contributed by atoms with Crippen molar-refractivity contribution in [3.63, 3.8) is 0 Å². The zero-order valence-electron chi connectivity index (χ0n) is 16.4. The Balaban J connectivity index is 1.60. The lowest BCUT2D eigenvalue weighted by molar-refractivity contribution is -0.118. The van der Waals surface area contributed by atoms with Crippen molar-refractivity contribution in [2.24, 2.45) is 0 Å². The summed E-state index contributed by atoms with van der Waals surface area (Å²) in [7, 11) is 0. The number of thiazole rings is 1. The molecule has 28 heavy (non-hydrogen) atoms. The molecule has 3 aromatic heterocycles. The zero-order valence-corrected chi connectivity index (χ0v) is 18.0. The third-order valence-electron chi connectivity index (χ3n) is 5.27. The Bertz CT molecular complexity index is 945. The molecular weight excluding hydrogens is 388 g/mol. The number of carbonyl (C=O) groups is 1. The fourth-order valence-electron chi connectivity index (χ4n) is 3.52. The second-order valence-corrected chi connectivity index (χ2v) is 9.54. The highest BCUT2D eigenvalue weighted by Gasteiger charge is 2.25. The van der Waals surface area contributed by atoms with Crippen molar-refractivity contribution >= 4 is 38.7 Å². The quantitative estimate of drug-likeness (QED) is 0.584. The maximum Gasteiger partial charge on any atom is 0.139 e. The molecule has 0 radical (unpaired) electrons. The van der Waals surface area contributed by atoms with Gasteiger partial charge in [0.2, 0.25) is 0 Å². The summed E-state index contributed by atoms with van der Waals surface area (Å²) in [5.41, 5.74) is 3.54. The Morgan fingerprint density at radius 2 is 2.29 bits per heavy atom. The number of pyridine rings is 1. The SMILES string of the molecule is CCC(C)NCCC(=O)Cc1sc2c(c1-c1nc3cnccc3s1)CCNC2. The van der Waals surface area contributed by atoms with Crippen molar-refractivity contribution < 1.29 is 4.79 Å². The number of aromatic nitrogens is 2. The monoisotopic (exact) mass is 414 g/mol. The summed E-state index contributed by atoms with van der Waals surface area (Å²) in [5, 5.41) is 7.90. The molecule has 1 aliphatic rings. The van der Waals surface area contributed by atoms with Gasteiger partial charge in [-0.2, -0.15) is 0 Å². The van der Waals surface area contributed by atoms with E-state index >= 15 is 0 Å². The van der Waals surface area contributed by atoms with Crippen LogP contribution < -0.4 is 10.6 Å². The number of hydrogen-bond donors (Lipinski definition) is 2. The van der Waals surface area contributed by atoms with Gasteiger partial charge >= 0.3 is 0 Å². The minimum absolute atomic E-state index is 0.298. The van der Waals surface area contributed by atoms with E-state index in [-0.39, 0.29) is 0 Å². The normalized spacial score (nSPS) is 14.9. The van der Waals surface area contributed by atoms with Crippen LogP contribution in [0, 0.1) is 0 Å². The second-order valence-electron chi connectivity index (χ2n) is 7.32. The first-order valence-electron chi connectivity index (χ1n) is 9.95. The highest BCUT2D eigenvalue weighted by atomic mass is 32.1. The highest BCUT2D eigenvalue weighted by Crippen LogP contribution is 2.41. The third kappa shape index (κ3) is 4.17. The van der Waals surface area contributed by atoms with Gasteiger partial charge in [0.15, 0.2) is 0 Å². The van der Waals surface area contributed by atoms with E-state index in [9.17, 15) is 4.79 Å². The Morgan fingerprint density at radius 3 is 3.11 bits per heavy atom. The van der Waals surface area contributed by atoms with E-state index < -0.39 is 0 Å². The Labute approximate surface area is 173 Å². The van der Waals surface area contributed by atoms with Crippen molar-refractivity contribution in [1.29, 1.82) is 0 Å². The smallest absolute Gasteiger partial charge is 0.139 e. The van der Waals surface area contributed by atoms with E-state index in [2.05, 4.69) is 29.5 Å². The number of carbonyl (C=O) groups excluding carboxylic acids is 1. The molecule has 2 N–H and O–H groups in total. The minimum atomic E-state index is 0.298. The molecule has 0 aromatic carbocycles. The van der Waals surface area contributed by atoms with Crippen molar-refractivity contribution in [3.05, 3.63) is 33.8 Å². The fraction of sp³-hybridized carbons (Fsp3) is 0.476. The molecule has 0 saturated heterocycles. The Morgan fingerprint density at radius 1 is 1.39 bits per heavy atom. The summed E-state index contributed by atoms with van der Waals surface area (Å²) in [6, 6.07) is 2.47. The molecule has 0 saturated carbocycles. The summed E-state index contributed by atoms with van der Waals surface area (Å²) in [5.74, 6) is 0.298. The van der Waals surface area contributed by atoms with Gasteiger partial charge in [-0.05, 0) is 37.9 Å². The summed E-state index contributed by atoms with van der Waals surface area (Å²) < 4.78 is 1.15. The lowest BCUT2D eigenvalue weighted by atomic mass is 10.0. The molecule has 1 unspecified atom stereocenters. The van der Waals surface area contributed by atoms with Crippen molar-refractivity contribution in [2.45, 2.75) is 52.1 Å². The van der Waals surface area contributed by atoms with Crippen molar-refractivity contribution in [3.8, 4) is 10.6 Å². The molecule has 0 amide bonds. The first kappa shape index (κ1) is 19.6. The number of hydrogen-bond acceptors (Lipinski definition) is 7. The molecule has 0 bridgehead atoms. The van der Waals surface area contributed by atoms with Gasteiger partial charge in [0, 0.05) is 53.5 Å². The average Bonchev–Trinajstić information content (AvgIpc) is 3.27. The van der Waals surface area contributed by atoms with Crippen LogP contribution in [0.15, 0.2) is 18.5 Å². The van der Waals surface area contributed by atoms with Crippen LogP contribution in [-0.2, 0) is 24.2 Å². The summed E-state index contributed by atoms with van der Waals surface area (Å²) in [6.45, 7) is 6.94. The largest absolute Gasteiger partial charge is 0.314 e. The minimum Gasteiger partial charge on any atom is -0.314 e. The summed E-state index contributed by atoms with van der Waals surface area (Å²) in [4.78, 5) is 24.3. The molecule has 1 atom stereocenters. The van der Waals surface area contributed by atoms with Gasteiger partial charge in [-0.25, -0.2) is 4.98 Å². The number of Topliss-reactive ketones (excluding diaryl/α,β-unsaturated/α-hetero) is 1. The fourth-order valence-corrected chi connectivity index (χ4v) is 5.97. The van der Waals surface area contributed by atoms with E-state index in [1.165, 1.54) is 20.9 Å². The van der Waals surface area contributed by atoms with Crippen LogP contribution in [0.4, 0.5) is 0 Å². The predicted octanol–water partition coefficient (Wildman–Crippen LogP) is 3.96. The van der Waals surface area contributed by atoms with Crippen LogP contribution in [0.5, 0.6) is 0 Å². The number of ketones is 1. The average molecular weight is 415 g/mol. The maximum absolute atomic E-state index is 12.7. The molecule has 4 rings (SSSR count). The van der Waals surface area contributed by atoms with Crippen LogP contribution in [0.2, 0.25) is 0 Å². The van der Waals surface area contributed by atoms with E-state index in [1.54, 1.807) is 22.7 Å². The number of nitrogens with zero attached hydrogens (tertiary/aromatic N) is 2. The molecular formula is C21H26N4OS2. The number of rotatable bonds is 8. The highest BCUT2D eigenvalue weighted by molar-refractivity contribution is 7.22. The number of thiophene rings is 1. The van der Waals surface area contributed by atoms with Gasteiger partial charge in [-0.3, -0.25) is 9.78 Å². The van der Waals surface area contributed by atoms with Crippen LogP contribution in [0.25, 0.3) is 20.8 Å². The number of fused-ring (bicyclic) bond motifs is 2. The van der Waals surface area contributed by atoms with E-state index in [0.29, 0.717) is 24.7 Å². The third-order valence-corrected chi connectivity index (χ3v) is 7.56. The van der Waals surface area contributed by atoms with Crippen molar-refractivity contribution in [1.82, 2.24) is 20.6 Å². The molecule has 0 fully saturated rings. The summed E-state index contributed by atoms with van der Waals surface area (Å²) >= 11 is 3.49. The molecule has 3 aromatic rings. The van der Waals surface area contributed by atoms with E-state index in [0.717, 1.165) is 47.7 Å². The molecule has 0 aliphatic carbocycles. The molecule has 148 valence electrons. The van der Waals surface area contributed by atoms with Gasteiger partial charge in [0.1, 0.15) is 16.3 Å². The van der Waals surface area contributed by atoms with Gasteiger partial charge in [0.25, 0.3) is 0 Å². The molecule has 5 nitrogen and oxygen atoms in total. The first-order chi connectivity index (χ1) is 13.7. The van der Waals surface area contributed by atoms with E-state index in [1.807, 2.05) is 18.5 Å². The van der Waals surface area contributed by atoms with Gasteiger partial charge < -0.3 is 10.6 Å². The van der Waals surface area contributed by atoms with E-state index in [4.69, 9.17) is 4.98 Å². The van der Waals surface area contributed by atoms with Gasteiger partial charge in [-0.15, -0.1) is 22.7 Å². The summed E-state index contributed by atoms with van der Waals surface area (Å²) in [6.07, 6.45) is 6.79. The second kappa shape index (κ2) is 8.78. The first-order valence-corrected chi connectivity index (χ1v) is 11.6. The van der Waals surface area contributed by atoms with Crippen LogP contribution in [0.1, 0.15) is 42.0 Å². The van der Waals surface area contributed by atoms with Crippen molar-refractivity contribution in [2.75, 3.05) is 13.1 Å². The lowest BCUT2D eigenvalue weighted by Gasteiger charge is -2.13. The van der Waals surface area contributed by atoms with Gasteiger partial charge in [-0.1, -0.05) is 6.92 Å². The van der Waals surface area contributed by atoms with Gasteiger partial charge in [0.05, 0.1) is 10.9 Å². The molecule has 1 aliphatic heterocycles. The topological polar surface area (TPSA) is 66.9 Å². The Hall–Kier alpha value is -1.67. The predicted molar refractivity (Wildman–Crippen MR) is 117 cm³/mol. The standard InChI is InChI=1S/C21H26N4OS2/c1-3-13(2)24-9-4-14(26)10-18-20(15-5-7-23-12-19(15)27-18)21-25-16-11-22-8-6-17(16)28-21/h6,8,11,13,23-24H,3-5,7,9-10,12H2,1-2H3. The lowest BCUT2D eigenvalue weighted by Crippen LogP contribution is -2.27.